The summed E-state index contributed by atoms with van der Waals surface area (Å²) in [5.41, 5.74) is 1.09. The number of nitrogens with zero attached hydrogens (tertiary/aromatic N) is 1. The first-order chi connectivity index (χ1) is 13.0. The Labute approximate surface area is 157 Å². The first-order valence-electron chi connectivity index (χ1n) is 9.04. The predicted octanol–water partition coefficient (Wildman–Crippen LogP) is 2.66. The highest BCUT2D eigenvalue weighted by Gasteiger charge is 2.55. The lowest BCUT2D eigenvalue weighted by Crippen LogP contribution is -2.47. The number of carbonyl (C=O) groups is 3. The molecule has 0 radical (unpaired) electrons. The lowest BCUT2D eigenvalue weighted by molar-refractivity contribution is -0.132. The molecule has 138 valence electrons. The van der Waals surface area contributed by atoms with Crippen LogP contribution in [0, 0.1) is 0 Å². The molecule has 1 saturated heterocycles. The summed E-state index contributed by atoms with van der Waals surface area (Å²) < 4.78 is 5.61. The molecular weight excluding hydrogens is 344 g/mol. The number of ketones is 1. The van der Waals surface area contributed by atoms with Crippen molar-refractivity contribution in [2.75, 3.05) is 13.2 Å². The minimum atomic E-state index is -1.15. The van der Waals surface area contributed by atoms with Crippen molar-refractivity contribution in [3.05, 3.63) is 65.2 Å². The number of hydrogen-bond donors (Lipinski definition) is 1. The Morgan fingerprint density at radius 2 is 1.89 bits per heavy atom. The van der Waals surface area contributed by atoms with Gasteiger partial charge in [0.05, 0.1) is 13.2 Å². The van der Waals surface area contributed by atoms with Crippen molar-refractivity contribution in [1.29, 1.82) is 0 Å². The van der Waals surface area contributed by atoms with Crippen molar-refractivity contribution in [3.63, 3.8) is 0 Å². The lowest BCUT2D eigenvalue weighted by Gasteiger charge is -2.33. The molecule has 2 aliphatic heterocycles. The van der Waals surface area contributed by atoms with Crippen LogP contribution in [0.1, 0.15) is 34.8 Å². The van der Waals surface area contributed by atoms with Crippen LogP contribution in [0.4, 0.5) is 4.79 Å². The van der Waals surface area contributed by atoms with E-state index in [-0.39, 0.29) is 12.3 Å². The zero-order chi connectivity index (χ0) is 19.0. The number of fused-ring (bicyclic) bond motifs is 2. The molecule has 1 spiro atoms. The Hall–Kier alpha value is -3.15. The quantitative estimate of drug-likeness (QED) is 0.668. The first-order valence-corrected chi connectivity index (χ1v) is 9.04. The molecule has 0 bridgehead atoms. The second-order valence-electron chi connectivity index (χ2n) is 6.80. The van der Waals surface area contributed by atoms with Crippen LogP contribution in [0.15, 0.2) is 48.5 Å². The van der Waals surface area contributed by atoms with E-state index in [1.54, 1.807) is 30.3 Å². The van der Waals surface area contributed by atoms with E-state index < -0.39 is 17.5 Å². The molecule has 6 nitrogen and oxygen atoms in total. The van der Waals surface area contributed by atoms with Gasteiger partial charge >= 0.3 is 6.03 Å². The van der Waals surface area contributed by atoms with E-state index in [4.69, 9.17) is 4.74 Å². The molecule has 3 amide bonds. The zero-order valence-corrected chi connectivity index (χ0v) is 15.0. The number of carbonyl (C=O) groups excluding carboxylic acids is 3. The van der Waals surface area contributed by atoms with Crippen molar-refractivity contribution in [3.8, 4) is 5.75 Å². The Balaban J connectivity index is 1.60. The van der Waals surface area contributed by atoms with E-state index >= 15 is 0 Å². The van der Waals surface area contributed by atoms with E-state index in [9.17, 15) is 14.4 Å². The molecule has 4 rings (SSSR count). The third kappa shape index (κ3) is 2.77. The number of hydrogen-bond acceptors (Lipinski definition) is 4. The molecule has 1 atom stereocenters. The number of benzene rings is 2. The average Bonchev–Trinajstić information content (AvgIpc) is 2.93. The van der Waals surface area contributed by atoms with Crippen molar-refractivity contribution >= 4 is 17.7 Å². The van der Waals surface area contributed by atoms with Crippen molar-refractivity contribution < 1.29 is 19.1 Å². The number of para-hydroxylation sites is 1. The standard InChI is InChI=1S/C21H20N2O4/c1-2-14-7-9-15(10-8-14)17(24)13-23-19(25)21(22-20(23)26)11-12-27-18-6-4-3-5-16(18)21/h3-10H,2,11-13H2,1H3,(H,22,26)/t21-/m1/s1. The summed E-state index contributed by atoms with van der Waals surface area (Å²) in [6.45, 7) is 2.08. The molecule has 6 heteroatoms. The Kier molecular flexibility index (Phi) is 4.18. The minimum Gasteiger partial charge on any atom is -0.493 e. The molecule has 2 aromatic rings. The SMILES string of the molecule is CCc1ccc(C(=O)CN2C(=O)N[C@@]3(CCOc4ccccc43)C2=O)cc1. The number of aryl methyl sites for hydroxylation is 1. The molecule has 2 aliphatic rings. The number of rotatable bonds is 4. The van der Waals surface area contributed by atoms with Gasteiger partial charge in [-0.3, -0.25) is 14.5 Å². The summed E-state index contributed by atoms with van der Waals surface area (Å²) in [6.07, 6.45) is 1.22. The number of Topliss-reactive ketones (excluding diaryl/α,β-unsaturated/α-hetero) is 1. The summed E-state index contributed by atoms with van der Waals surface area (Å²) in [5.74, 6) is -0.0824. The van der Waals surface area contributed by atoms with Gasteiger partial charge < -0.3 is 10.1 Å². The summed E-state index contributed by atoms with van der Waals surface area (Å²) in [7, 11) is 0. The molecule has 2 heterocycles. The molecule has 1 N–H and O–H groups in total. The highest BCUT2D eigenvalue weighted by atomic mass is 16.5. The summed E-state index contributed by atoms with van der Waals surface area (Å²) in [4.78, 5) is 39.3. The molecule has 0 aromatic heterocycles. The Bertz CT molecular complexity index is 922. The van der Waals surface area contributed by atoms with Gasteiger partial charge in [0.2, 0.25) is 0 Å². The molecule has 1 fully saturated rings. The molecule has 27 heavy (non-hydrogen) atoms. The van der Waals surface area contributed by atoms with Crippen LogP contribution in [-0.4, -0.2) is 35.8 Å². The fourth-order valence-electron chi connectivity index (χ4n) is 3.68. The van der Waals surface area contributed by atoms with Crippen LogP contribution < -0.4 is 10.1 Å². The molecule has 0 aliphatic carbocycles. The van der Waals surface area contributed by atoms with E-state index in [0.717, 1.165) is 16.9 Å². The van der Waals surface area contributed by atoms with Crippen LogP contribution >= 0.6 is 0 Å². The third-order valence-electron chi connectivity index (χ3n) is 5.24. The van der Waals surface area contributed by atoms with Crippen molar-refractivity contribution in [1.82, 2.24) is 10.2 Å². The fraction of sp³-hybridized carbons (Fsp3) is 0.286. The second-order valence-corrected chi connectivity index (χ2v) is 6.80. The van der Waals surface area contributed by atoms with Crippen molar-refractivity contribution in [2.45, 2.75) is 25.3 Å². The normalized spacial score (nSPS) is 21.0. The van der Waals surface area contributed by atoms with Gasteiger partial charge in [0, 0.05) is 17.5 Å². The molecule has 0 saturated carbocycles. The van der Waals surface area contributed by atoms with Crippen LogP contribution in [-0.2, 0) is 16.8 Å². The van der Waals surface area contributed by atoms with Gasteiger partial charge in [-0.05, 0) is 18.1 Å². The highest BCUT2D eigenvalue weighted by molar-refractivity contribution is 6.11. The number of urea groups is 1. The monoisotopic (exact) mass is 364 g/mol. The molecule has 2 aromatic carbocycles. The van der Waals surface area contributed by atoms with Gasteiger partial charge in [-0.1, -0.05) is 49.4 Å². The van der Waals surface area contributed by atoms with Gasteiger partial charge in [-0.15, -0.1) is 0 Å². The Morgan fingerprint density at radius 1 is 1.15 bits per heavy atom. The number of amides is 3. The van der Waals surface area contributed by atoms with Crippen molar-refractivity contribution in [2.24, 2.45) is 0 Å². The van der Waals surface area contributed by atoms with E-state index in [1.807, 2.05) is 25.1 Å². The maximum Gasteiger partial charge on any atom is 0.325 e. The van der Waals surface area contributed by atoms with Gasteiger partial charge in [0.15, 0.2) is 11.3 Å². The number of imide groups is 1. The average molecular weight is 364 g/mol. The zero-order valence-electron chi connectivity index (χ0n) is 15.0. The highest BCUT2D eigenvalue weighted by Crippen LogP contribution is 2.40. The topological polar surface area (TPSA) is 75.7 Å². The van der Waals surface area contributed by atoms with Crippen LogP contribution in [0.5, 0.6) is 5.75 Å². The number of nitrogens with one attached hydrogen (secondary N) is 1. The van der Waals surface area contributed by atoms with Gasteiger partial charge in [0.25, 0.3) is 5.91 Å². The maximum absolute atomic E-state index is 13.2. The molecule has 0 unspecified atom stereocenters. The smallest absolute Gasteiger partial charge is 0.325 e. The van der Waals surface area contributed by atoms with Gasteiger partial charge in [-0.2, -0.15) is 0 Å². The van der Waals surface area contributed by atoms with E-state index in [0.29, 0.717) is 29.9 Å². The summed E-state index contributed by atoms with van der Waals surface area (Å²) in [6, 6.07) is 13.9. The van der Waals surface area contributed by atoms with Gasteiger partial charge in [0.1, 0.15) is 5.75 Å². The molecular formula is C21H20N2O4. The van der Waals surface area contributed by atoms with Crippen LogP contribution in [0.3, 0.4) is 0 Å². The Morgan fingerprint density at radius 3 is 2.63 bits per heavy atom. The first kappa shape index (κ1) is 17.3. The van der Waals surface area contributed by atoms with E-state index in [2.05, 4.69) is 5.32 Å². The minimum absolute atomic E-state index is 0.265. The predicted molar refractivity (Wildman–Crippen MR) is 98.6 cm³/mol. The maximum atomic E-state index is 13.2. The number of ether oxygens (including phenoxy) is 1. The van der Waals surface area contributed by atoms with Gasteiger partial charge in [-0.25, -0.2) is 4.79 Å². The summed E-state index contributed by atoms with van der Waals surface area (Å²) >= 11 is 0. The van der Waals surface area contributed by atoms with Crippen LogP contribution in [0.2, 0.25) is 0 Å². The fourth-order valence-corrected chi connectivity index (χ4v) is 3.68. The third-order valence-corrected chi connectivity index (χ3v) is 5.24. The second kappa shape index (κ2) is 6.54. The van der Waals surface area contributed by atoms with E-state index in [1.165, 1.54) is 0 Å². The lowest BCUT2D eigenvalue weighted by atomic mass is 9.84. The summed E-state index contributed by atoms with van der Waals surface area (Å²) in [5, 5.41) is 2.81. The van der Waals surface area contributed by atoms with Crippen LogP contribution in [0.25, 0.3) is 0 Å². The largest absolute Gasteiger partial charge is 0.493 e.